The largest absolute Gasteiger partial charge is 0.325 e. The van der Waals surface area contributed by atoms with E-state index in [-0.39, 0.29) is 17.9 Å². The van der Waals surface area contributed by atoms with Crippen molar-refractivity contribution in [2.75, 3.05) is 26.0 Å². The predicted octanol–water partition coefficient (Wildman–Crippen LogP) is 0.526. The fourth-order valence-electron chi connectivity index (χ4n) is 3.13. The minimum atomic E-state index is -0.178. The Kier molecular flexibility index (Phi) is 4.99. The van der Waals surface area contributed by atoms with Crippen LogP contribution in [0.15, 0.2) is 18.3 Å². The highest BCUT2D eigenvalue weighted by Gasteiger charge is 2.33. The number of aryl methyl sites for hydroxylation is 1. The van der Waals surface area contributed by atoms with Crippen molar-refractivity contribution in [2.24, 2.45) is 0 Å². The van der Waals surface area contributed by atoms with Crippen molar-refractivity contribution in [2.45, 2.75) is 33.0 Å². The molecule has 0 aromatic carbocycles. The molecule has 26 heavy (non-hydrogen) atoms. The highest BCUT2D eigenvalue weighted by molar-refractivity contribution is 5.93. The quantitative estimate of drug-likeness (QED) is 0.857. The maximum absolute atomic E-state index is 13.0. The third-order valence-corrected chi connectivity index (χ3v) is 4.30. The zero-order valence-corrected chi connectivity index (χ0v) is 15.4. The molecule has 2 aromatic rings. The Bertz CT molecular complexity index is 813. The van der Waals surface area contributed by atoms with E-state index in [1.807, 2.05) is 21.0 Å². The van der Waals surface area contributed by atoms with Crippen LogP contribution in [0.25, 0.3) is 0 Å². The zero-order chi connectivity index (χ0) is 18.8. The SMILES string of the molecule is CC(=O)Nc1ccc(C(=O)N2Cc3nnc(C)n3CC2CN(C)C)nc1. The second-order valence-electron chi connectivity index (χ2n) is 6.74. The van der Waals surface area contributed by atoms with Crippen molar-refractivity contribution >= 4 is 17.5 Å². The molecule has 0 spiro atoms. The van der Waals surface area contributed by atoms with E-state index in [9.17, 15) is 9.59 Å². The molecule has 0 fully saturated rings. The van der Waals surface area contributed by atoms with Gasteiger partial charge >= 0.3 is 0 Å². The van der Waals surface area contributed by atoms with Crippen LogP contribution < -0.4 is 5.32 Å². The molecule has 2 amide bonds. The topological polar surface area (TPSA) is 96.2 Å². The predicted molar refractivity (Wildman–Crippen MR) is 95.5 cm³/mol. The first-order valence-electron chi connectivity index (χ1n) is 8.43. The Morgan fingerprint density at radius 1 is 1.31 bits per heavy atom. The standard InChI is InChI=1S/C17H23N7O2/c1-11-20-21-16-10-24(14(8-22(3)4)9-23(11)16)17(26)15-6-5-13(7-18-15)19-12(2)25/h5-7,14H,8-10H2,1-4H3,(H,19,25). The minimum absolute atomic E-state index is 0.00322. The van der Waals surface area contributed by atoms with Gasteiger partial charge in [0, 0.05) is 20.0 Å². The molecule has 0 saturated carbocycles. The van der Waals surface area contributed by atoms with E-state index in [1.54, 1.807) is 17.0 Å². The number of hydrogen-bond donors (Lipinski definition) is 1. The van der Waals surface area contributed by atoms with Gasteiger partial charge in [0.2, 0.25) is 5.91 Å². The van der Waals surface area contributed by atoms with E-state index in [0.717, 1.165) is 18.2 Å². The van der Waals surface area contributed by atoms with Crippen LogP contribution in [0, 0.1) is 6.92 Å². The Labute approximate surface area is 152 Å². The molecule has 1 N–H and O–H groups in total. The van der Waals surface area contributed by atoms with Crippen molar-refractivity contribution in [1.29, 1.82) is 0 Å². The summed E-state index contributed by atoms with van der Waals surface area (Å²) in [6, 6.07) is 3.31. The van der Waals surface area contributed by atoms with Crippen LogP contribution in [-0.4, -0.2) is 68.0 Å². The molecule has 0 bridgehead atoms. The smallest absolute Gasteiger partial charge is 0.273 e. The summed E-state index contributed by atoms with van der Waals surface area (Å²) in [5, 5.41) is 11.0. The number of carbonyl (C=O) groups is 2. The van der Waals surface area contributed by atoms with Gasteiger partial charge in [0.1, 0.15) is 11.5 Å². The van der Waals surface area contributed by atoms with Crippen LogP contribution in [0.3, 0.4) is 0 Å². The number of aromatic nitrogens is 4. The fourth-order valence-corrected chi connectivity index (χ4v) is 3.13. The highest BCUT2D eigenvalue weighted by atomic mass is 16.2. The summed E-state index contributed by atoms with van der Waals surface area (Å²) in [4.78, 5) is 32.2. The number of hydrogen-bond acceptors (Lipinski definition) is 6. The lowest BCUT2D eigenvalue weighted by molar-refractivity contribution is -0.114. The van der Waals surface area contributed by atoms with Gasteiger partial charge in [0.15, 0.2) is 5.82 Å². The summed E-state index contributed by atoms with van der Waals surface area (Å²) in [5.74, 6) is 1.30. The van der Waals surface area contributed by atoms with Gasteiger partial charge in [-0.1, -0.05) is 0 Å². The molecule has 1 aliphatic heterocycles. The average molecular weight is 357 g/mol. The molecule has 1 atom stereocenters. The van der Waals surface area contributed by atoms with E-state index in [0.29, 0.717) is 24.5 Å². The monoisotopic (exact) mass is 357 g/mol. The molecule has 0 saturated heterocycles. The van der Waals surface area contributed by atoms with Gasteiger partial charge in [-0.25, -0.2) is 4.98 Å². The van der Waals surface area contributed by atoms with E-state index >= 15 is 0 Å². The molecule has 0 radical (unpaired) electrons. The number of fused-ring (bicyclic) bond motifs is 1. The lowest BCUT2D eigenvalue weighted by atomic mass is 10.1. The number of nitrogens with zero attached hydrogens (tertiary/aromatic N) is 6. The Hall–Kier alpha value is -2.81. The molecule has 3 heterocycles. The van der Waals surface area contributed by atoms with Gasteiger partial charge in [0.05, 0.1) is 24.5 Å². The number of rotatable bonds is 4. The molecular weight excluding hydrogens is 334 g/mol. The first kappa shape index (κ1) is 18.0. The molecule has 9 heteroatoms. The van der Waals surface area contributed by atoms with Gasteiger partial charge in [-0.2, -0.15) is 0 Å². The van der Waals surface area contributed by atoms with Crippen molar-refractivity contribution < 1.29 is 9.59 Å². The lowest BCUT2D eigenvalue weighted by Crippen LogP contribution is -2.51. The van der Waals surface area contributed by atoms with E-state index < -0.39 is 0 Å². The molecule has 0 aliphatic carbocycles. The average Bonchev–Trinajstić information content (AvgIpc) is 2.94. The highest BCUT2D eigenvalue weighted by Crippen LogP contribution is 2.20. The normalized spacial score (nSPS) is 16.5. The second kappa shape index (κ2) is 7.20. The number of nitrogens with one attached hydrogen (secondary N) is 1. The first-order chi connectivity index (χ1) is 12.3. The summed E-state index contributed by atoms with van der Waals surface area (Å²) >= 11 is 0. The molecular formula is C17H23N7O2. The fraction of sp³-hybridized carbons (Fsp3) is 0.471. The van der Waals surface area contributed by atoms with E-state index in [2.05, 4.69) is 30.0 Å². The number of likely N-dealkylation sites (N-methyl/N-ethyl adjacent to an activating group) is 1. The second-order valence-corrected chi connectivity index (χ2v) is 6.74. The summed E-state index contributed by atoms with van der Waals surface area (Å²) < 4.78 is 2.06. The third-order valence-electron chi connectivity index (χ3n) is 4.30. The molecule has 1 aliphatic rings. The Morgan fingerprint density at radius 3 is 2.69 bits per heavy atom. The molecule has 1 unspecified atom stereocenters. The van der Waals surface area contributed by atoms with Crippen molar-refractivity contribution in [1.82, 2.24) is 29.5 Å². The molecule has 3 rings (SSSR count). The van der Waals surface area contributed by atoms with Crippen molar-refractivity contribution in [3.8, 4) is 0 Å². The van der Waals surface area contributed by atoms with Crippen LogP contribution in [0.5, 0.6) is 0 Å². The third kappa shape index (κ3) is 3.72. The van der Waals surface area contributed by atoms with Gasteiger partial charge in [-0.15, -0.1) is 10.2 Å². The van der Waals surface area contributed by atoms with Gasteiger partial charge in [-0.3, -0.25) is 9.59 Å². The van der Waals surface area contributed by atoms with Gasteiger partial charge in [0.25, 0.3) is 5.91 Å². The Balaban J connectivity index is 1.84. The summed E-state index contributed by atoms with van der Waals surface area (Å²) in [6.45, 7) is 5.13. The number of anilines is 1. The minimum Gasteiger partial charge on any atom is -0.325 e. The number of carbonyl (C=O) groups excluding carboxylic acids is 2. The maximum atomic E-state index is 13.0. The van der Waals surface area contributed by atoms with Crippen LogP contribution in [-0.2, 0) is 17.9 Å². The van der Waals surface area contributed by atoms with Crippen LogP contribution in [0.2, 0.25) is 0 Å². The zero-order valence-electron chi connectivity index (χ0n) is 15.4. The van der Waals surface area contributed by atoms with Crippen LogP contribution in [0.1, 0.15) is 29.1 Å². The maximum Gasteiger partial charge on any atom is 0.273 e. The molecule has 2 aromatic heterocycles. The number of amides is 2. The van der Waals surface area contributed by atoms with Gasteiger partial charge in [-0.05, 0) is 33.2 Å². The van der Waals surface area contributed by atoms with E-state index in [4.69, 9.17) is 0 Å². The van der Waals surface area contributed by atoms with E-state index in [1.165, 1.54) is 13.1 Å². The lowest BCUT2D eigenvalue weighted by Gasteiger charge is -2.37. The molecule has 9 nitrogen and oxygen atoms in total. The van der Waals surface area contributed by atoms with Gasteiger partial charge < -0.3 is 19.7 Å². The summed E-state index contributed by atoms with van der Waals surface area (Å²) in [7, 11) is 3.97. The molecule has 138 valence electrons. The van der Waals surface area contributed by atoms with Crippen molar-refractivity contribution in [3.05, 3.63) is 35.7 Å². The Morgan fingerprint density at radius 2 is 2.08 bits per heavy atom. The first-order valence-corrected chi connectivity index (χ1v) is 8.43. The summed E-state index contributed by atoms with van der Waals surface area (Å²) in [5.41, 5.74) is 0.903. The number of pyridine rings is 1. The van der Waals surface area contributed by atoms with Crippen LogP contribution >= 0.6 is 0 Å². The van der Waals surface area contributed by atoms with Crippen molar-refractivity contribution in [3.63, 3.8) is 0 Å². The summed E-state index contributed by atoms with van der Waals surface area (Å²) in [6.07, 6.45) is 1.49. The van der Waals surface area contributed by atoms with Crippen LogP contribution in [0.4, 0.5) is 5.69 Å².